The number of carbonyl (C=O) groups excluding carboxylic acids is 2. The van der Waals surface area contributed by atoms with Crippen molar-refractivity contribution in [1.82, 2.24) is 10.0 Å². The van der Waals surface area contributed by atoms with Crippen LogP contribution < -0.4 is 0 Å². The topological polar surface area (TPSA) is 73.6 Å². The van der Waals surface area contributed by atoms with Crippen molar-refractivity contribution < 1.29 is 14.3 Å². The molecule has 0 aliphatic rings. The molecule has 0 saturated carbocycles. The Morgan fingerprint density at radius 2 is 1.68 bits per heavy atom. The molecule has 0 aliphatic heterocycles. The minimum Gasteiger partial charge on any atom is -0.448 e. The van der Waals surface area contributed by atoms with Gasteiger partial charge in [-0.05, 0) is 39.5 Å². The molecule has 6 heteroatoms. The fraction of sp³-hybridized carbons (Fsp3) is 0.812. The van der Waals surface area contributed by atoms with Gasteiger partial charge in [-0.2, -0.15) is 5.26 Å². The van der Waals surface area contributed by atoms with Crippen LogP contribution in [0.1, 0.15) is 61.3 Å². The molecule has 0 radical (unpaired) electrons. The van der Waals surface area contributed by atoms with Gasteiger partial charge in [0.05, 0.1) is 18.2 Å². The van der Waals surface area contributed by atoms with E-state index in [0.29, 0.717) is 13.0 Å². The van der Waals surface area contributed by atoms with E-state index in [0.717, 1.165) is 0 Å². The van der Waals surface area contributed by atoms with E-state index in [4.69, 9.17) is 10.00 Å². The van der Waals surface area contributed by atoms with Gasteiger partial charge >= 0.3 is 6.09 Å². The third-order valence-corrected chi connectivity index (χ3v) is 2.91. The van der Waals surface area contributed by atoms with E-state index in [-0.39, 0.29) is 18.4 Å². The van der Waals surface area contributed by atoms with Gasteiger partial charge in [-0.15, -0.1) is 0 Å². The summed E-state index contributed by atoms with van der Waals surface area (Å²) in [6.45, 7) is 14.0. The highest BCUT2D eigenvalue weighted by atomic mass is 16.6. The second-order valence-electron chi connectivity index (χ2n) is 7.34. The maximum Gasteiger partial charge on any atom is 0.429 e. The van der Waals surface area contributed by atoms with E-state index in [2.05, 4.69) is 20.8 Å². The average Bonchev–Trinajstić information content (AvgIpc) is 2.31. The van der Waals surface area contributed by atoms with Gasteiger partial charge in [-0.1, -0.05) is 20.8 Å². The Hall–Kier alpha value is -1.77. The summed E-state index contributed by atoms with van der Waals surface area (Å²) in [6, 6.07) is 1.85. The summed E-state index contributed by atoms with van der Waals surface area (Å²) in [5, 5.41) is 11.5. The van der Waals surface area contributed by atoms with Gasteiger partial charge in [0.1, 0.15) is 6.42 Å². The molecular formula is C16H29N3O3. The number of rotatable bonds is 4. The van der Waals surface area contributed by atoms with Crippen LogP contribution in [0.15, 0.2) is 0 Å². The molecule has 0 aromatic heterocycles. The summed E-state index contributed by atoms with van der Waals surface area (Å²) in [6.07, 6.45) is -0.137. The molecule has 0 aromatic carbocycles. The number of nitriles is 1. The van der Waals surface area contributed by atoms with Crippen LogP contribution in [0.3, 0.4) is 0 Å². The Bertz CT molecular complexity index is 427. The maximum atomic E-state index is 12.3. The summed E-state index contributed by atoms with van der Waals surface area (Å²) in [4.78, 5) is 24.6. The minimum atomic E-state index is -0.630. The molecule has 6 nitrogen and oxygen atoms in total. The Morgan fingerprint density at radius 3 is 2.05 bits per heavy atom. The number of hydrogen-bond acceptors (Lipinski definition) is 4. The number of hydrogen-bond donors (Lipinski definition) is 0. The highest BCUT2D eigenvalue weighted by Crippen LogP contribution is 2.24. The molecule has 0 rings (SSSR count). The molecule has 0 fully saturated rings. The molecule has 22 heavy (non-hydrogen) atoms. The van der Waals surface area contributed by atoms with E-state index < -0.39 is 17.5 Å². The lowest BCUT2D eigenvalue weighted by molar-refractivity contribution is -0.154. The SMILES string of the molecule is CCOC(=O)N(N(CCC(C)(C)C)C(=O)CC#N)C(C)(C)C. The van der Waals surface area contributed by atoms with Crippen LogP contribution >= 0.6 is 0 Å². The average molecular weight is 311 g/mol. The molecule has 0 heterocycles. The molecule has 0 bridgehead atoms. The fourth-order valence-corrected chi connectivity index (χ4v) is 1.86. The summed E-state index contributed by atoms with van der Waals surface area (Å²) in [5.41, 5.74) is -0.626. The van der Waals surface area contributed by atoms with Crippen molar-refractivity contribution in [2.24, 2.45) is 5.41 Å². The van der Waals surface area contributed by atoms with Crippen LogP contribution in [-0.2, 0) is 9.53 Å². The van der Waals surface area contributed by atoms with E-state index in [1.807, 2.05) is 26.8 Å². The zero-order valence-corrected chi connectivity index (χ0v) is 14.9. The first kappa shape index (κ1) is 20.2. The number of nitrogens with zero attached hydrogens (tertiary/aromatic N) is 3. The predicted octanol–water partition coefficient (Wildman–Crippen LogP) is 3.34. The number of ether oxygens (including phenoxy) is 1. The van der Waals surface area contributed by atoms with Crippen LogP contribution in [-0.4, -0.2) is 40.7 Å². The molecule has 0 spiro atoms. The largest absolute Gasteiger partial charge is 0.448 e. The molecular weight excluding hydrogens is 282 g/mol. The van der Waals surface area contributed by atoms with Crippen molar-refractivity contribution in [2.75, 3.05) is 13.2 Å². The molecule has 0 unspecified atom stereocenters. The maximum absolute atomic E-state index is 12.3. The first-order valence-corrected chi connectivity index (χ1v) is 7.58. The second kappa shape index (κ2) is 8.02. The van der Waals surface area contributed by atoms with E-state index in [1.165, 1.54) is 10.0 Å². The molecule has 0 N–H and O–H groups in total. The van der Waals surface area contributed by atoms with Crippen molar-refractivity contribution in [3.8, 4) is 6.07 Å². The second-order valence-corrected chi connectivity index (χ2v) is 7.34. The Morgan fingerprint density at radius 1 is 1.14 bits per heavy atom. The summed E-state index contributed by atoms with van der Waals surface area (Å²) in [7, 11) is 0. The number of amides is 2. The van der Waals surface area contributed by atoms with Gasteiger partial charge in [-0.25, -0.2) is 14.8 Å². The zero-order chi connectivity index (χ0) is 17.6. The molecule has 126 valence electrons. The van der Waals surface area contributed by atoms with E-state index in [1.54, 1.807) is 6.92 Å². The molecule has 2 amide bonds. The first-order chi connectivity index (χ1) is 9.94. The summed E-state index contributed by atoms with van der Waals surface area (Å²) >= 11 is 0. The normalized spacial score (nSPS) is 11.5. The van der Waals surface area contributed by atoms with Crippen molar-refractivity contribution >= 4 is 12.0 Å². The van der Waals surface area contributed by atoms with Crippen LogP contribution in [0.5, 0.6) is 0 Å². The Labute approximate surface area is 134 Å². The monoisotopic (exact) mass is 311 g/mol. The Balaban J connectivity index is 5.50. The van der Waals surface area contributed by atoms with Gasteiger partial charge in [0.2, 0.25) is 0 Å². The fourth-order valence-electron chi connectivity index (χ4n) is 1.86. The molecule has 0 atom stereocenters. The quantitative estimate of drug-likeness (QED) is 0.746. The van der Waals surface area contributed by atoms with E-state index in [9.17, 15) is 9.59 Å². The number of carbonyl (C=O) groups is 2. The lowest BCUT2D eigenvalue weighted by Gasteiger charge is -2.43. The lowest BCUT2D eigenvalue weighted by Crippen LogP contribution is -2.58. The van der Waals surface area contributed by atoms with Crippen molar-refractivity contribution in [3.05, 3.63) is 0 Å². The van der Waals surface area contributed by atoms with Crippen molar-refractivity contribution in [1.29, 1.82) is 5.26 Å². The van der Waals surface area contributed by atoms with Crippen LogP contribution in [0.2, 0.25) is 0 Å². The van der Waals surface area contributed by atoms with Crippen molar-refractivity contribution in [2.45, 2.75) is 66.8 Å². The van der Waals surface area contributed by atoms with Gasteiger partial charge in [0.25, 0.3) is 5.91 Å². The highest BCUT2D eigenvalue weighted by molar-refractivity contribution is 5.81. The minimum absolute atomic E-state index is 0.00336. The van der Waals surface area contributed by atoms with Gasteiger partial charge < -0.3 is 4.74 Å². The van der Waals surface area contributed by atoms with Crippen LogP contribution in [0.4, 0.5) is 4.79 Å². The van der Waals surface area contributed by atoms with Crippen molar-refractivity contribution in [3.63, 3.8) is 0 Å². The molecule has 0 saturated heterocycles. The number of hydrazine groups is 1. The van der Waals surface area contributed by atoms with Crippen LogP contribution in [0, 0.1) is 16.7 Å². The molecule has 0 aliphatic carbocycles. The lowest BCUT2D eigenvalue weighted by atomic mass is 9.92. The standard InChI is InChI=1S/C16H29N3O3/c1-8-22-14(21)19(16(5,6)7)18(13(20)9-11-17)12-10-15(2,3)4/h8-10,12H2,1-7H3. The third kappa shape index (κ3) is 6.79. The first-order valence-electron chi connectivity index (χ1n) is 7.58. The van der Waals surface area contributed by atoms with E-state index >= 15 is 0 Å². The Kier molecular flexibility index (Phi) is 7.37. The van der Waals surface area contributed by atoms with Gasteiger partial charge in [0.15, 0.2) is 0 Å². The molecule has 0 aromatic rings. The van der Waals surface area contributed by atoms with Crippen LogP contribution in [0.25, 0.3) is 0 Å². The highest BCUT2D eigenvalue weighted by Gasteiger charge is 2.36. The van der Waals surface area contributed by atoms with Gasteiger partial charge in [0, 0.05) is 6.54 Å². The predicted molar refractivity (Wildman–Crippen MR) is 84.6 cm³/mol. The summed E-state index contributed by atoms with van der Waals surface area (Å²) in [5.74, 6) is -0.394. The summed E-state index contributed by atoms with van der Waals surface area (Å²) < 4.78 is 5.08. The smallest absolute Gasteiger partial charge is 0.429 e. The van der Waals surface area contributed by atoms with Gasteiger partial charge in [-0.3, -0.25) is 4.79 Å². The third-order valence-electron chi connectivity index (χ3n) is 2.91. The zero-order valence-electron chi connectivity index (χ0n) is 14.9.